The third-order valence-electron chi connectivity index (χ3n) is 2.69. The predicted octanol–water partition coefficient (Wildman–Crippen LogP) is 1.60. The minimum Gasteiger partial charge on any atom is -0.396 e. The Labute approximate surface area is 110 Å². The third-order valence-corrected chi connectivity index (χ3v) is 2.86. The first-order chi connectivity index (χ1) is 8.63. The summed E-state index contributed by atoms with van der Waals surface area (Å²) in [5.74, 6) is 0.728. The third kappa shape index (κ3) is 2.54. The van der Waals surface area contributed by atoms with Crippen molar-refractivity contribution < 1.29 is 5.11 Å². The smallest absolute Gasteiger partial charge is 0.226 e. The zero-order chi connectivity index (χ0) is 13.1. The molecule has 6 nitrogen and oxygen atoms in total. The molecule has 7 heteroatoms. The van der Waals surface area contributed by atoms with E-state index in [0.29, 0.717) is 18.6 Å². The molecular formula is C11H16ClN5O. The molecule has 0 radical (unpaired) electrons. The molecule has 2 N–H and O–H groups in total. The lowest BCUT2D eigenvalue weighted by Crippen LogP contribution is -2.33. The van der Waals surface area contributed by atoms with Gasteiger partial charge in [0, 0.05) is 19.2 Å². The summed E-state index contributed by atoms with van der Waals surface area (Å²) >= 11 is 5.91. The highest BCUT2D eigenvalue weighted by Crippen LogP contribution is 2.24. The Balaban J connectivity index is 2.45. The molecule has 0 amide bonds. The fourth-order valence-corrected chi connectivity index (χ4v) is 2.01. The van der Waals surface area contributed by atoms with Crippen LogP contribution in [0.3, 0.4) is 0 Å². The molecule has 0 saturated heterocycles. The van der Waals surface area contributed by atoms with Gasteiger partial charge in [-0.1, -0.05) is 0 Å². The number of rotatable bonds is 5. The van der Waals surface area contributed by atoms with Crippen LogP contribution in [0.1, 0.15) is 20.3 Å². The molecule has 0 atom stereocenters. The monoisotopic (exact) mass is 269 g/mol. The maximum absolute atomic E-state index is 8.97. The van der Waals surface area contributed by atoms with Gasteiger partial charge in [0.05, 0.1) is 6.33 Å². The molecule has 98 valence electrons. The number of aliphatic hydroxyl groups excluding tert-OH is 1. The van der Waals surface area contributed by atoms with Gasteiger partial charge in [-0.25, -0.2) is 4.98 Å². The van der Waals surface area contributed by atoms with Crippen LogP contribution in [0.25, 0.3) is 11.2 Å². The summed E-state index contributed by atoms with van der Waals surface area (Å²) in [6.45, 7) is 4.98. The SMILES string of the molecule is CC(C)N(CCCO)c1nc(Cl)nc2nc[nH]c12. The molecule has 2 heterocycles. The van der Waals surface area contributed by atoms with Gasteiger partial charge >= 0.3 is 0 Å². The number of H-pyrrole nitrogens is 1. The van der Waals surface area contributed by atoms with Crippen LogP contribution >= 0.6 is 11.6 Å². The first-order valence-electron chi connectivity index (χ1n) is 5.87. The van der Waals surface area contributed by atoms with Crippen LogP contribution in [0.2, 0.25) is 5.28 Å². The molecule has 0 aromatic carbocycles. The molecule has 0 aliphatic heterocycles. The minimum absolute atomic E-state index is 0.147. The lowest BCUT2D eigenvalue weighted by atomic mass is 10.2. The Kier molecular flexibility index (Phi) is 3.98. The molecule has 0 spiro atoms. The first-order valence-corrected chi connectivity index (χ1v) is 6.25. The number of nitrogens with zero attached hydrogens (tertiary/aromatic N) is 4. The zero-order valence-corrected chi connectivity index (χ0v) is 11.1. The number of aromatic amines is 1. The van der Waals surface area contributed by atoms with Crippen LogP contribution in [0, 0.1) is 0 Å². The zero-order valence-electron chi connectivity index (χ0n) is 10.4. The quantitative estimate of drug-likeness (QED) is 0.806. The van der Waals surface area contributed by atoms with Crippen LogP contribution in [0.15, 0.2) is 6.33 Å². The van der Waals surface area contributed by atoms with Crippen LogP contribution in [0.5, 0.6) is 0 Å². The van der Waals surface area contributed by atoms with Crippen molar-refractivity contribution >= 4 is 28.6 Å². The molecule has 2 aromatic heterocycles. The van der Waals surface area contributed by atoms with Crippen molar-refractivity contribution in [1.29, 1.82) is 0 Å². The van der Waals surface area contributed by atoms with E-state index in [-0.39, 0.29) is 17.9 Å². The second-order valence-electron chi connectivity index (χ2n) is 4.28. The van der Waals surface area contributed by atoms with E-state index in [4.69, 9.17) is 16.7 Å². The maximum atomic E-state index is 8.97. The van der Waals surface area contributed by atoms with Crippen molar-refractivity contribution in [2.24, 2.45) is 0 Å². The van der Waals surface area contributed by atoms with E-state index in [1.807, 2.05) is 0 Å². The van der Waals surface area contributed by atoms with Crippen molar-refractivity contribution in [1.82, 2.24) is 19.9 Å². The second kappa shape index (κ2) is 5.49. The average molecular weight is 270 g/mol. The number of aliphatic hydroxyl groups is 1. The molecule has 2 rings (SSSR count). The first kappa shape index (κ1) is 13.0. The Bertz CT molecular complexity index is 527. The summed E-state index contributed by atoms with van der Waals surface area (Å²) in [5.41, 5.74) is 1.32. The molecule has 2 aromatic rings. The number of fused-ring (bicyclic) bond motifs is 1. The van der Waals surface area contributed by atoms with Crippen LogP contribution < -0.4 is 4.90 Å². The van der Waals surface area contributed by atoms with Crippen molar-refractivity contribution in [3.63, 3.8) is 0 Å². The number of hydrogen-bond donors (Lipinski definition) is 2. The Morgan fingerprint density at radius 2 is 2.22 bits per heavy atom. The molecule has 0 saturated carbocycles. The van der Waals surface area contributed by atoms with Gasteiger partial charge in [0.2, 0.25) is 5.28 Å². The number of halogens is 1. The Hall–Kier alpha value is -1.40. The van der Waals surface area contributed by atoms with Gasteiger partial charge in [0.1, 0.15) is 5.52 Å². The predicted molar refractivity (Wildman–Crippen MR) is 70.9 cm³/mol. The highest BCUT2D eigenvalue weighted by molar-refractivity contribution is 6.28. The number of anilines is 1. The summed E-state index contributed by atoms with van der Waals surface area (Å²) in [6, 6.07) is 0.244. The van der Waals surface area contributed by atoms with Gasteiger partial charge in [-0.3, -0.25) is 0 Å². The van der Waals surface area contributed by atoms with Crippen molar-refractivity contribution in [2.75, 3.05) is 18.1 Å². The van der Waals surface area contributed by atoms with E-state index in [0.717, 1.165) is 11.3 Å². The Morgan fingerprint density at radius 3 is 2.89 bits per heavy atom. The minimum atomic E-state index is 0.147. The van der Waals surface area contributed by atoms with Crippen LogP contribution in [-0.2, 0) is 0 Å². The average Bonchev–Trinajstić information content (AvgIpc) is 2.76. The normalized spacial score (nSPS) is 11.4. The van der Waals surface area contributed by atoms with Gasteiger partial charge in [-0.05, 0) is 31.9 Å². The molecule has 0 bridgehead atoms. The van der Waals surface area contributed by atoms with Crippen LogP contribution in [0.4, 0.5) is 5.82 Å². The fourth-order valence-electron chi connectivity index (χ4n) is 1.85. The largest absolute Gasteiger partial charge is 0.396 e. The van der Waals surface area contributed by atoms with E-state index in [1.54, 1.807) is 6.33 Å². The standard InChI is InChI=1S/C11H16ClN5O/c1-7(2)17(4-3-5-18)10-8-9(14-6-13-8)15-11(12)16-10/h6-7,18H,3-5H2,1-2H3,(H,13,14,15,16). The maximum Gasteiger partial charge on any atom is 0.226 e. The molecule has 0 fully saturated rings. The van der Waals surface area contributed by atoms with Gasteiger partial charge in [0.15, 0.2) is 11.5 Å². The number of aromatic nitrogens is 4. The topological polar surface area (TPSA) is 77.9 Å². The molecule has 0 aliphatic rings. The van der Waals surface area contributed by atoms with E-state index in [1.165, 1.54) is 0 Å². The molecule has 0 unspecified atom stereocenters. The highest BCUT2D eigenvalue weighted by Gasteiger charge is 2.17. The van der Waals surface area contributed by atoms with Gasteiger partial charge in [-0.15, -0.1) is 0 Å². The highest BCUT2D eigenvalue weighted by atomic mass is 35.5. The van der Waals surface area contributed by atoms with Crippen molar-refractivity contribution in [3.8, 4) is 0 Å². The second-order valence-corrected chi connectivity index (χ2v) is 4.62. The van der Waals surface area contributed by atoms with Gasteiger partial charge in [0.25, 0.3) is 0 Å². The molecule has 18 heavy (non-hydrogen) atoms. The van der Waals surface area contributed by atoms with Crippen LogP contribution in [-0.4, -0.2) is 44.2 Å². The fraction of sp³-hybridized carbons (Fsp3) is 0.545. The summed E-state index contributed by atoms with van der Waals surface area (Å²) in [4.78, 5) is 17.5. The summed E-state index contributed by atoms with van der Waals surface area (Å²) in [6.07, 6.45) is 2.25. The Morgan fingerprint density at radius 1 is 1.44 bits per heavy atom. The number of nitrogens with one attached hydrogen (secondary N) is 1. The number of imidazole rings is 1. The van der Waals surface area contributed by atoms with Crippen molar-refractivity contribution in [3.05, 3.63) is 11.6 Å². The number of hydrogen-bond acceptors (Lipinski definition) is 5. The van der Waals surface area contributed by atoms with Gasteiger partial charge < -0.3 is 15.0 Å². The van der Waals surface area contributed by atoms with E-state index in [2.05, 4.69) is 38.7 Å². The van der Waals surface area contributed by atoms with Gasteiger partial charge in [-0.2, -0.15) is 9.97 Å². The summed E-state index contributed by atoms with van der Waals surface area (Å²) < 4.78 is 0. The van der Waals surface area contributed by atoms with Crippen molar-refractivity contribution in [2.45, 2.75) is 26.3 Å². The molecular weight excluding hydrogens is 254 g/mol. The van der Waals surface area contributed by atoms with E-state index >= 15 is 0 Å². The lowest BCUT2D eigenvalue weighted by Gasteiger charge is -2.27. The van der Waals surface area contributed by atoms with E-state index in [9.17, 15) is 0 Å². The lowest BCUT2D eigenvalue weighted by molar-refractivity contribution is 0.288. The van der Waals surface area contributed by atoms with E-state index < -0.39 is 0 Å². The summed E-state index contributed by atoms with van der Waals surface area (Å²) in [5, 5.41) is 9.15. The molecule has 0 aliphatic carbocycles. The summed E-state index contributed by atoms with van der Waals surface area (Å²) in [7, 11) is 0.